The Bertz CT molecular complexity index is 513. The Balaban J connectivity index is 1.86. The molecule has 0 bridgehead atoms. The van der Waals surface area contributed by atoms with E-state index in [1.165, 1.54) is 36.0 Å². The molecule has 108 valence electrons. The Kier molecular flexibility index (Phi) is 5.36. The molecule has 0 amide bonds. The lowest BCUT2D eigenvalue weighted by atomic mass is 10.0. The van der Waals surface area contributed by atoms with Crippen LogP contribution in [0.15, 0.2) is 36.7 Å². The largest absolute Gasteiger partial charge is 0.306 e. The van der Waals surface area contributed by atoms with Crippen molar-refractivity contribution in [1.29, 1.82) is 0 Å². The zero-order valence-electron chi connectivity index (χ0n) is 12.8. The van der Waals surface area contributed by atoms with Crippen LogP contribution in [-0.4, -0.2) is 9.78 Å². The van der Waals surface area contributed by atoms with Gasteiger partial charge in [-0.25, -0.2) is 0 Å². The number of aryl methyl sites for hydroxylation is 2. The first kappa shape index (κ1) is 14.8. The SMILES string of the molecule is CCCCc1ccc(C(C)NCc2cnn(C)c2)cc1. The van der Waals surface area contributed by atoms with Gasteiger partial charge in [-0.1, -0.05) is 37.6 Å². The van der Waals surface area contributed by atoms with Crippen LogP contribution < -0.4 is 5.32 Å². The second kappa shape index (κ2) is 7.25. The maximum Gasteiger partial charge on any atom is 0.0534 e. The molecule has 0 fully saturated rings. The van der Waals surface area contributed by atoms with Crippen molar-refractivity contribution in [2.45, 2.75) is 45.7 Å². The maximum atomic E-state index is 4.18. The topological polar surface area (TPSA) is 29.9 Å². The van der Waals surface area contributed by atoms with Crippen LogP contribution in [0.4, 0.5) is 0 Å². The van der Waals surface area contributed by atoms with E-state index in [0.717, 1.165) is 6.54 Å². The first-order chi connectivity index (χ1) is 9.69. The molecule has 1 heterocycles. The summed E-state index contributed by atoms with van der Waals surface area (Å²) in [6.07, 6.45) is 7.67. The monoisotopic (exact) mass is 271 g/mol. The third-order valence-electron chi connectivity index (χ3n) is 3.67. The van der Waals surface area contributed by atoms with Crippen molar-refractivity contribution in [2.75, 3.05) is 0 Å². The minimum absolute atomic E-state index is 0.357. The van der Waals surface area contributed by atoms with Gasteiger partial charge < -0.3 is 5.32 Å². The van der Waals surface area contributed by atoms with E-state index >= 15 is 0 Å². The molecule has 0 radical (unpaired) electrons. The summed E-state index contributed by atoms with van der Waals surface area (Å²) in [5.74, 6) is 0. The van der Waals surface area contributed by atoms with E-state index in [1.807, 2.05) is 24.1 Å². The zero-order valence-corrected chi connectivity index (χ0v) is 12.8. The number of rotatable bonds is 7. The van der Waals surface area contributed by atoms with Crippen molar-refractivity contribution in [2.24, 2.45) is 7.05 Å². The number of unbranched alkanes of at least 4 members (excludes halogenated alkanes) is 1. The summed E-state index contributed by atoms with van der Waals surface area (Å²) in [5, 5.41) is 7.72. The highest BCUT2D eigenvalue weighted by atomic mass is 15.2. The number of hydrogen-bond donors (Lipinski definition) is 1. The molecule has 1 unspecified atom stereocenters. The van der Waals surface area contributed by atoms with Gasteiger partial charge in [-0.05, 0) is 30.9 Å². The van der Waals surface area contributed by atoms with E-state index in [1.54, 1.807) is 0 Å². The van der Waals surface area contributed by atoms with E-state index in [0.29, 0.717) is 6.04 Å². The quantitative estimate of drug-likeness (QED) is 0.833. The van der Waals surface area contributed by atoms with Crippen LogP contribution in [-0.2, 0) is 20.0 Å². The van der Waals surface area contributed by atoms with Gasteiger partial charge in [0.15, 0.2) is 0 Å². The van der Waals surface area contributed by atoms with Gasteiger partial charge >= 0.3 is 0 Å². The van der Waals surface area contributed by atoms with E-state index < -0.39 is 0 Å². The van der Waals surface area contributed by atoms with Gasteiger partial charge in [-0.3, -0.25) is 4.68 Å². The minimum atomic E-state index is 0.357. The number of nitrogens with one attached hydrogen (secondary N) is 1. The van der Waals surface area contributed by atoms with Crippen molar-refractivity contribution in [3.8, 4) is 0 Å². The summed E-state index contributed by atoms with van der Waals surface area (Å²) in [7, 11) is 1.95. The van der Waals surface area contributed by atoms with Crippen LogP contribution in [0.25, 0.3) is 0 Å². The lowest BCUT2D eigenvalue weighted by Crippen LogP contribution is -2.17. The lowest BCUT2D eigenvalue weighted by Gasteiger charge is -2.14. The normalized spacial score (nSPS) is 12.6. The Hall–Kier alpha value is -1.61. The van der Waals surface area contributed by atoms with E-state index in [4.69, 9.17) is 0 Å². The van der Waals surface area contributed by atoms with Gasteiger partial charge in [-0.2, -0.15) is 5.10 Å². The molecule has 1 aromatic heterocycles. The van der Waals surface area contributed by atoms with Gasteiger partial charge in [0.1, 0.15) is 0 Å². The lowest BCUT2D eigenvalue weighted by molar-refractivity contribution is 0.574. The molecule has 0 saturated heterocycles. The van der Waals surface area contributed by atoms with Gasteiger partial charge in [0.05, 0.1) is 6.20 Å². The Morgan fingerprint density at radius 1 is 1.20 bits per heavy atom. The number of hydrogen-bond acceptors (Lipinski definition) is 2. The van der Waals surface area contributed by atoms with Crippen molar-refractivity contribution >= 4 is 0 Å². The Morgan fingerprint density at radius 2 is 1.95 bits per heavy atom. The molecule has 1 aromatic carbocycles. The summed E-state index contributed by atoms with van der Waals surface area (Å²) in [6.45, 7) is 5.29. The summed E-state index contributed by atoms with van der Waals surface area (Å²) in [5.41, 5.74) is 4.00. The summed E-state index contributed by atoms with van der Waals surface area (Å²) in [4.78, 5) is 0. The highest BCUT2D eigenvalue weighted by molar-refractivity contribution is 5.25. The van der Waals surface area contributed by atoms with Crippen molar-refractivity contribution in [3.05, 3.63) is 53.3 Å². The molecule has 0 spiro atoms. The molecule has 2 rings (SSSR count). The minimum Gasteiger partial charge on any atom is -0.306 e. The van der Waals surface area contributed by atoms with E-state index in [-0.39, 0.29) is 0 Å². The third kappa shape index (κ3) is 4.20. The molecular formula is C17H25N3. The fourth-order valence-corrected chi connectivity index (χ4v) is 2.31. The van der Waals surface area contributed by atoms with Crippen molar-refractivity contribution in [3.63, 3.8) is 0 Å². The van der Waals surface area contributed by atoms with Gasteiger partial charge in [-0.15, -0.1) is 0 Å². The van der Waals surface area contributed by atoms with Crippen molar-refractivity contribution < 1.29 is 0 Å². The maximum absolute atomic E-state index is 4.18. The first-order valence-corrected chi connectivity index (χ1v) is 7.48. The number of aromatic nitrogens is 2. The van der Waals surface area contributed by atoms with E-state index in [2.05, 4.69) is 48.5 Å². The predicted molar refractivity (Wildman–Crippen MR) is 83.5 cm³/mol. The van der Waals surface area contributed by atoms with Crippen LogP contribution in [0, 0.1) is 0 Å². The second-order valence-electron chi connectivity index (χ2n) is 5.47. The van der Waals surface area contributed by atoms with Crippen molar-refractivity contribution in [1.82, 2.24) is 15.1 Å². The fraction of sp³-hybridized carbons (Fsp3) is 0.471. The molecule has 3 heteroatoms. The number of benzene rings is 1. The standard InChI is InChI=1S/C17H25N3/c1-4-5-6-15-7-9-17(10-8-15)14(2)18-11-16-12-19-20(3)13-16/h7-10,12-14,18H,4-6,11H2,1-3H3. The highest BCUT2D eigenvalue weighted by Crippen LogP contribution is 2.15. The molecule has 0 saturated carbocycles. The molecule has 0 aliphatic rings. The molecule has 0 aliphatic heterocycles. The highest BCUT2D eigenvalue weighted by Gasteiger charge is 2.05. The molecule has 2 aromatic rings. The fourth-order valence-electron chi connectivity index (χ4n) is 2.31. The first-order valence-electron chi connectivity index (χ1n) is 7.48. The van der Waals surface area contributed by atoms with Gasteiger partial charge in [0, 0.05) is 31.4 Å². The molecule has 1 N–H and O–H groups in total. The molecule has 1 atom stereocenters. The summed E-state index contributed by atoms with van der Waals surface area (Å²) in [6, 6.07) is 9.36. The van der Waals surface area contributed by atoms with Crippen LogP contribution in [0.5, 0.6) is 0 Å². The predicted octanol–water partition coefficient (Wildman–Crippen LogP) is 3.61. The molecule has 0 aliphatic carbocycles. The van der Waals surface area contributed by atoms with Crippen LogP contribution >= 0.6 is 0 Å². The summed E-state index contributed by atoms with van der Waals surface area (Å²) < 4.78 is 1.84. The molecule has 3 nitrogen and oxygen atoms in total. The smallest absolute Gasteiger partial charge is 0.0534 e. The summed E-state index contributed by atoms with van der Waals surface area (Å²) >= 11 is 0. The van der Waals surface area contributed by atoms with Crippen LogP contribution in [0.2, 0.25) is 0 Å². The van der Waals surface area contributed by atoms with Crippen LogP contribution in [0.1, 0.15) is 49.4 Å². The van der Waals surface area contributed by atoms with Gasteiger partial charge in [0.2, 0.25) is 0 Å². The average molecular weight is 271 g/mol. The zero-order chi connectivity index (χ0) is 14.4. The van der Waals surface area contributed by atoms with Crippen LogP contribution in [0.3, 0.4) is 0 Å². The Labute approximate surface area is 122 Å². The third-order valence-corrected chi connectivity index (χ3v) is 3.67. The van der Waals surface area contributed by atoms with E-state index in [9.17, 15) is 0 Å². The number of nitrogens with zero attached hydrogens (tertiary/aromatic N) is 2. The second-order valence-corrected chi connectivity index (χ2v) is 5.47. The van der Waals surface area contributed by atoms with Gasteiger partial charge in [0.25, 0.3) is 0 Å². The Morgan fingerprint density at radius 3 is 2.55 bits per heavy atom. The molecular weight excluding hydrogens is 246 g/mol. The molecule has 20 heavy (non-hydrogen) atoms. The average Bonchev–Trinajstić information content (AvgIpc) is 2.89.